The Labute approximate surface area is 125 Å². The van der Waals surface area contributed by atoms with Crippen LogP contribution in [0.15, 0.2) is 29.2 Å². The van der Waals surface area contributed by atoms with Crippen LogP contribution in [0, 0.1) is 12.8 Å². The first-order chi connectivity index (χ1) is 9.92. The first-order valence-electron chi connectivity index (χ1n) is 7.41. The molecule has 6 heteroatoms. The number of hydrogen-bond donors (Lipinski definition) is 0. The molecule has 0 radical (unpaired) electrons. The summed E-state index contributed by atoms with van der Waals surface area (Å²) in [6.45, 7) is 3.06. The normalized spacial score (nSPS) is 31.7. The van der Waals surface area contributed by atoms with Crippen LogP contribution in [0.3, 0.4) is 0 Å². The Hall–Kier alpha value is -0.950. The lowest BCUT2D eigenvalue weighted by Crippen LogP contribution is -2.35. The summed E-state index contributed by atoms with van der Waals surface area (Å²) in [6, 6.07) is 7.29. The van der Waals surface area contributed by atoms with Crippen molar-refractivity contribution in [2.75, 3.05) is 20.1 Å². The van der Waals surface area contributed by atoms with E-state index in [9.17, 15) is 8.42 Å². The molecule has 0 amide bonds. The van der Waals surface area contributed by atoms with E-state index in [2.05, 4.69) is 0 Å². The monoisotopic (exact) mass is 308 g/mol. The van der Waals surface area contributed by atoms with Crippen molar-refractivity contribution in [3.8, 4) is 0 Å². The highest BCUT2D eigenvalue weighted by Gasteiger charge is 2.64. The molecule has 0 N–H and O–H groups in total. The lowest BCUT2D eigenvalue weighted by Gasteiger charge is -2.21. The maximum absolute atomic E-state index is 12.8. The number of hydroxylamine groups is 2. The molecule has 1 aromatic rings. The molecule has 21 heavy (non-hydrogen) atoms. The maximum Gasteiger partial charge on any atom is 0.243 e. The minimum Gasteiger partial charge on any atom is -0.292 e. The van der Waals surface area contributed by atoms with Gasteiger partial charge < -0.3 is 0 Å². The summed E-state index contributed by atoms with van der Waals surface area (Å²) in [4.78, 5) is 6.31. The van der Waals surface area contributed by atoms with E-state index < -0.39 is 10.0 Å². The number of sulfonamides is 1. The molecule has 5 nitrogen and oxygen atoms in total. The van der Waals surface area contributed by atoms with Gasteiger partial charge in [0.15, 0.2) is 0 Å². The molecule has 114 valence electrons. The summed E-state index contributed by atoms with van der Waals surface area (Å²) < 4.78 is 27.2. The predicted octanol–water partition coefficient (Wildman–Crippen LogP) is 1.39. The molecule has 0 unspecified atom stereocenters. The Morgan fingerprint density at radius 2 is 1.86 bits per heavy atom. The number of nitrogens with zero attached hydrogens (tertiary/aromatic N) is 2. The van der Waals surface area contributed by atoms with E-state index in [1.165, 1.54) is 0 Å². The molecule has 2 aliphatic heterocycles. The van der Waals surface area contributed by atoms with Gasteiger partial charge in [-0.25, -0.2) is 8.42 Å². The largest absolute Gasteiger partial charge is 0.292 e. The summed E-state index contributed by atoms with van der Waals surface area (Å²) in [5, 5.41) is 1.88. The van der Waals surface area contributed by atoms with E-state index in [0.29, 0.717) is 23.9 Å². The minimum absolute atomic E-state index is 0.0725. The average Bonchev–Trinajstić information content (AvgIpc) is 2.97. The van der Waals surface area contributed by atoms with E-state index in [4.69, 9.17) is 4.84 Å². The van der Waals surface area contributed by atoms with Crippen LogP contribution < -0.4 is 0 Å². The first kappa shape index (κ1) is 13.7. The van der Waals surface area contributed by atoms with Gasteiger partial charge in [-0.05, 0) is 31.9 Å². The van der Waals surface area contributed by atoms with Gasteiger partial charge in [0.25, 0.3) is 0 Å². The summed E-state index contributed by atoms with van der Waals surface area (Å²) in [7, 11) is -1.47. The highest BCUT2D eigenvalue weighted by Crippen LogP contribution is 2.55. The maximum atomic E-state index is 12.8. The molecule has 1 saturated carbocycles. The third-order valence-corrected chi connectivity index (χ3v) is 6.97. The fourth-order valence-electron chi connectivity index (χ4n) is 3.70. The Balaban J connectivity index is 1.62. The topological polar surface area (TPSA) is 49.9 Å². The smallest absolute Gasteiger partial charge is 0.243 e. The van der Waals surface area contributed by atoms with Crippen LogP contribution in [0.5, 0.6) is 0 Å². The number of benzene rings is 1. The Morgan fingerprint density at radius 3 is 2.48 bits per heavy atom. The van der Waals surface area contributed by atoms with Crippen LogP contribution >= 0.6 is 0 Å². The minimum atomic E-state index is -3.39. The molecule has 2 saturated heterocycles. The Morgan fingerprint density at radius 1 is 1.19 bits per heavy atom. The highest BCUT2D eigenvalue weighted by atomic mass is 32.2. The molecular weight excluding hydrogens is 288 g/mol. The number of aryl methyl sites for hydroxylation is 1. The van der Waals surface area contributed by atoms with Crippen molar-refractivity contribution >= 4 is 10.0 Å². The predicted molar refractivity (Wildman–Crippen MR) is 78.0 cm³/mol. The number of hydrogen-bond acceptors (Lipinski definition) is 4. The Kier molecular flexibility index (Phi) is 2.80. The van der Waals surface area contributed by atoms with E-state index in [-0.39, 0.29) is 11.6 Å². The second-order valence-corrected chi connectivity index (χ2v) is 8.45. The van der Waals surface area contributed by atoms with Crippen molar-refractivity contribution in [1.29, 1.82) is 0 Å². The molecule has 1 spiro atoms. The first-order valence-corrected chi connectivity index (χ1v) is 8.85. The lowest BCUT2D eigenvalue weighted by molar-refractivity contribution is -0.158. The molecule has 1 aromatic carbocycles. The zero-order valence-electron chi connectivity index (χ0n) is 12.3. The fraction of sp³-hybridized carbons (Fsp3) is 0.600. The zero-order valence-corrected chi connectivity index (χ0v) is 13.1. The molecule has 0 bridgehead atoms. The standard InChI is InChI=1S/C15H20N2O3S/c1-11-3-5-12(6-4-11)21(18,19)17-9-13-14(10-17)16(2)20-15(13)7-8-15/h3-6,13-14H,7-10H2,1-2H3/t13-,14-/m0/s1. The van der Waals surface area contributed by atoms with Gasteiger partial charge in [-0.1, -0.05) is 17.7 Å². The van der Waals surface area contributed by atoms with Crippen molar-refractivity contribution in [2.45, 2.75) is 36.3 Å². The van der Waals surface area contributed by atoms with Gasteiger partial charge in [0.05, 0.1) is 16.5 Å². The van der Waals surface area contributed by atoms with Crippen LogP contribution in [0.2, 0.25) is 0 Å². The van der Waals surface area contributed by atoms with Crippen molar-refractivity contribution in [2.24, 2.45) is 5.92 Å². The van der Waals surface area contributed by atoms with Crippen LogP contribution in [-0.2, 0) is 14.9 Å². The van der Waals surface area contributed by atoms with Gasteiger partial charge in [-0.2, -0.15) is 9.37 Å². The SMILES string of the molecule is Cc1ccc(S(=O)(=O)N2C[C@H]3[C@H](C2)C2(CC2)ON3C)cc1. The highest BCUT2D eigenvalue weighted by molar-refractivity contribution is 7.89. The zero-order chi connectivity index (χ0) is 14.8. The molecule has 3 fully saturated rings. The van der Waals surface area contributed by atoms with Gasteiger partial charge >= 0.3 is 0 Å². The molecule has 2 heterocycles. The Bertz CT molecular complexity index is 667. The number of fused-ring (bicyclic) bond motifs is 2. The molecular formula is C15H20N2O3S. The van der Waals surface area contributed by atoms with Gasteiger partial charge in [-0.15, -0.1) is 0 Å². The summed E-state index contributed by atoms with van der Waals surface area (Å²) in [5.74, 6) is 0.308. The van der Waals surface area contributed by atoms with Crippen LogP contribution in [0.25, 0.3) is 0 Å². The molecule has 3 aliphatic rings. The van der Waals surface area contributed by atoms with Crippen molar-refractivity contribution in [1.82, 2.24) is 9.37 Å². The van der Waals surface area contributed by atoms with E-state index in [0.717, 1.165) is 18.4 Å². The summed E-state index contributed by atoms with van der Waals surface area (Å²) in [6.07, 6.45) is 2.11. The van der Waals surface area contributed by atoms with Crippen LogP contribution in [0.4, 0.5) is 0 Å². The second-order valence-electron chi connectivity index (χ2n) is 6.51. The van der Waals surface area contributed by atoms with E-state index in [1.807, 2.05) is 31.2 Å². The number of rotatable bonds is 2. The van der Waals surface area contributed by atoms with E-state index >= 15 is 0 Å². The van der Waals surface area contributed by atoms with Crippen molar-refractivity contribution in [3.05, 3.63) is 29.8 Å². The van der Waals surface area contributed by atoms with Crippen molar-refractivity contribution < 1.29 is 13.3 Å². The third-order valence-electron chi connectivity index (χ3n) is 5.13. The summed E-state index contributed by atoms with van der Waals surface area (Å²) in [5.41, 5.74) is 0.994. The third kappa shape index (κ3) is 1.97. The quantitative estimate of drug-likeness (QED) is 0.828. The van der Waals surface area contributed by atoms with Gasteiger partial charge in [-0.3, -0.25) is 4.84 Å². The molecule has 1 aliphatic carbocycles. The average molecular weight is 308 g/mol. The second kappa shape index (κ2) is 4.29. The van der Waals surface area contributed by atoms with Crippen LogP contribution in [-0.4, -0.2) is 49.6 Å². The number of likely N-dealkylation sites (N-methyl/N-ethyl adjacent to an activating group) is 1. The van der Waals surface area contributed by atoms with E-state index in [1.54, 1.807) is 16.4 Å². The van der Waals surface area contributed by atoms with Gasteiger partial charge in [0.2, 0.25) is 10.0 Å². The van der Waals surface area contributed by atoms with Gasteiger partial charge in [0.1, 0.15) is 0 Å². The van der Waals surface area contributed by atoms with Gasteiger partial charge in [0, 0.05) is 26.1 Å². The molecule has 4 rings (SSSR count). The van der Waals surface area contributed by atoms with Crippen molar-refractivity contribution in [3.63, 3.8) is 0 Å². The lowest BCUT2D eigenvalue weighted by atomic mass is 9.97. The molecule has 0 aromatic heterocycles. The van der Waals surface area contributed by atoms with Crippen LogP contribution in [0.1, 0.15) is 18.4 Å². The summed E-state index contributed by atoms with van der Waals surface area (Å²) >= 11 is 0. The fourth-order valence-corrected chi connectivity index (χ4v) is 5.18. The molecule has 2 atom stereocenters.